The second kappa shape index (κ2) is 6.73. The normalized spacial score (nSPS) is 22.3. The average molecular weight is 291 g/mol. The lowest BCUT2D eigenvalue weighted by molar-refractivity contribution is 0.127. The van der Waals surface area contributed by atoms with E-state index in [1.807, 2.05) is 0 Å². The molecular weight excluding hydrogens is 262 g/mol. The molecule has 0 bridgehead atoms. The highest BCUT2D eigenvalue weighted by Gasteiger charge is 2.41. The van der Waals surface area contributed by atoms with E-state index in [0.29, 0.717) is 5.92 Å². The number of rotatable bonds is 6. The molecule has 0 amide bonds. The molecule has 2 heterocycles. The van der Waals surface area contributed by atoms with Gasteiger partial charge >= 0.3 is 0 Å². The Morgan fingerprint density at radius 2 is 2.14 bits per heavy atom. The molecular formula is C17H29N3O. The molecule has 1 aliphatic heterocycles. The van der Waals surface area contributed by atoms with Crippen LogP contribution in [0.15, 0.2) is 6.07 Å². The first-order valence-electron chi connectivity index (χ1n) is 8.14. The van der Waals surface area contributed by atoms with Crippen molar-refractivity contribution in [3.63, 3.8) is 0 Å². The fourth-order valence-corrected chi connectivity index (χ4v) is 3.48. The van der Waals surface area contributed by atoms with E-state index in [1.54, 1.807) is 7.11 Å². The van der Waals surface area contributed by atoms with Gasteiger partial charge in [0.1, 0.15) is 11.6 Å². The maximum absolute atomic E-state index is 5.56. The van der Waals surface area contributed by atoms with E-state index in [2.05, 4.69) is 43.6 Å². The van der Waals surface area contributed by atoms with Crippen LogP contribution in [0.5, 0.6) is 0 Å². The summed E-state index contributed by atoms with van der Waals surface area (Å²) in [7, 11) is 1.80. The summed E-state index contributed by atoms with van der Waals surface area (Å²) < 4.78 is 5.56. The summed E-state index contributed by atoms with van der Waals surface area (Å²) in [6.45, 7) is 10.5. The molecule has 1 fully saturated rings. The van der Waals surface area contributed by atoms with Crippen molar-refractivity contribution in [3.8, 4) is 0 Å². The van der Waals surface area contributed by atoms with E-state index in [4.69, 9.17) is 9.72 Å². The number of hydrogen-bond acceptors (Lipinski definition) is 4. The van der Waals surface area contributed by atoms with Crippen LogP contribution in [-0.4, -0.2) is 35.8 Å². The third-order valence-corrected chi connectivity index (χ3v) is 4.38. The minimum Gasteiger partial charge on any atom is -0.382 e. The lowest BCUT2D eigenvalue weighted by Crippen LogP contribution is -2.48. The summed E-state index contributed by atoms with van der Waals surface area (Å²) >= 11 is 0. The van der Waals surface area contributed by atoms with Crippen molar-refractivity contribution in [1.82, 2.24) is 9.97 Å². The van der Waals surface area contributed by atoms with Gasteiger partial charge in [0, 0.05) is 31.3 Å². The summed E-state index contributed by atoms with van der Waals surface area (Å²) in [6, 6.07) is 2.12. The highest BCUT2D eigenvalue weighted by atomic mass is 16.5. The van der Waals surface area contributed by atoms with Crippen molar-refractivity contribution in [1.29, 1.82) is 0 Å². The summed E-state index contributed by atoms with van der Waals surface area (Å²) in [5.74, 6) is 2.38. The second-order valence-corrected chi connectivity index (χ2v) is 6.54. The quantitative estimate of drug-likeness (QED) is 0.801. The van der Waals surface area contributed by atoms with Crippen LogP contribution < -0.4 is 4.90 Å². The zero-order chi connectivity index (χ0) is 15.5. The topological polar surface area (TPSA) is 38.2 Å². The van der Waals surface area contributed by atoms with Gasteiger partial charge in [-0.15, -0.1) is 0 Å². The lowest BCUT2D eigenvalue weighted by atomic mass is 9.91. The Bertz CT molecular complexity index is 467. The fraction of sp³-hybridized carbons (Fsp3) is 0.765. The van der Waals surface area contributed by atoms with E-state index >= 15 is 0 Å². The van der Waals surface area contributed by atoms with Gasteiger partial charge in [-0.25, -0.2) is 9.97 Å². The minimum atomic E-state index is 0.110. The molecule has 0 saturated carbocycles. The van der Waals surface area contributed by atoms with E-state index in [9.17, 15) is 0 Å². The standard InChI is InChI=1S/C17H29N3O/c1-6-8-17(12-21-5)9-7-10-20(17)15-11-14(4)18-16(19-15)13(2)3/h11,13H,6-10,12H2,1-5H3. The van der Waals surface area contributed by atoms with Gasteiger partial charge in [-0.2, -0.15) is 0 Å². The number of hydrogen-bond donors (Lipinski definition) is 0. The Balaban J connectivity index is 2.38. The van der Waals surface area contributed by atoms with Crippen LogP contribution in [0.3, 0.4) is 0 Å². The molecule has 0 spiro atoms. The number of methoxy groups -OCH3 is 1. The molecule has 4 nitrogen and oxygen atoms in total. The number of nitrogens with zero attached hydrogens (tertiary/aromatic N) is 3. The maximum Gasteiger partial charge on any atom is 0.133 e. The Morgan fingerprint density at radius 3 is 2.76 bits per heavy atom. The Morgan fingerprint density at radius 1 is 1.38 bits per heavy atom. The number of anilines is 1. The van der Waals surface area contributed by atoms with Gasteiger partial charge in [0.05, 0.1) is 12.1 Å². The molecule has 1 aromatic rings. The molecule has 1 aliphatic rings. The molecule has 2 rings (SSSR count). The van der Waals surface area contributed by atoms with Gasteiger partial charge in [-0.1, -0.05) is 27.2 Å². The van der Waals surface area contributed by atoms with E-state index < -0.39 is 0 Å². The number of ether oxygens (including phenoxy) is 1. The van der Waals surface area contributed by atoms with E-state index in [1.165, 1.54) is 19.3 Å². The average Bonchev–Trinajstić information content (AvgIpc) is 2.82. The molecule has 1 atom stereocenters. The Labute approximate surface area is 128 Å². The molecule has 0 aliphatic carbocycles. The van der Waals surface area contributed by atoms with Gasteiger partial charge in [-0.3, -0.25) is 0 Å². The highest BCUT2D eigenvalue weighted by Crippen LogP contribution is 2.37. The minimum absolute atomic E-state index is 0.110. The third kappa shape index (κ3) is 3.37. The van der Waals surface area contributed by atoms with Gasteiger partial charge in [0.2, 0.25) is 0 Å². The molecule has 1 aromatic heterocycles. The molecule has 0 radical (unpaired) electrons. The van der Waals surface area contributed by atoms with Gasteiger partial charge < -0.3 is 9.64 Å². The number of aryl methyl sites for hydroxylation is 1. The zero-order valence-electron chi connectivity index (χ0n) is 14.1. The lowest BCUT2D eigenvalue weighted by Gasteiger charge is -2.39. The van der Waals surface area contributed by atoms with Crippen LogP contribution in [0.25, 0.3) is 0 Å². The Kier molecular flexibility index (Phi) is 5.20. The van der Waals surface area contributed by atoms with Gasteiger partial charge in [0.15, 0.2) is 0 Å². The van der Waals surface area contributed by atoms with Gasteiger partial charge in [-0.05, 0) is 26.2 Å². The van der Waals surface area contributed by atoms with Crippen molar-refractivity contribution < 1.29 is 4.74 Å². The summed E-state index contributed by atoms with van der Waals surface area (Å²) in [5.41, 5.74) is 1.16. The molecule has 118 valence electrons. The zero-order valence-corrected chi connectivity index (χ0v) is 14.1. The molecule has 1 saturated heterocycles. The van der Waals surface area contributed by atoms with Gasteiger partial charge in [0.25, 0.3) is 0 Å². The molecule has 0 aromatic carbocycles. The number of aromatic nitrogens is 2. The molecule has 0 N–H and O–H groups in total. The Hall–Kier alpha value is -1.16. The van der Waals surface area contributed by atoms with E-state index in [-0.39, 0.29) is 5.54 Å². The van der Waals surface area contributed by atoms with Crippen LogP contribution in [0.4, 0.5) is 5.82 Å². The fourth-order valence-electron chi connectivity index (χ4n) is 3.48. The first-order chi connectivity index (χ1) is 10.0. The van der Waals surface area contributed by atoms with Crippen LogP contribution in [0.1, 0.15) is 63.9 Å². The van der Waals surface area contributed by atoms with Crippen molar-refractivity contribution in [2.45, 2.75) is 64.8 Å². The van der Waals surface area contributed by atoms with Crippen molar-refractivity contribution in [2.24, 2.45) is 0 Å². The van der Waals surface area contributed by atoms with Crippen LogP contribution in [0.2, 0.25) is 0 Å². The molecule has 4 heteroatoms. The first-order valence-corrected chi connectivity index (χ1v) is 8.14. The predicted molar refractivity (Wildman–Crippen MR) is 87.0 cm³/mol. The van der Waals surface area contributed by atoms with Crippen molar-refractivity contribution >= 4 is 5.82 Å². The first kappa shape index (κ1) is 16.2. The molecule has 1 unspecified atom stereocenters. The highest BCUT2D eigenvalue weighted by molar-refractivity contribution is 5.45. The SMILES string of the molecule is CCCC1(COC)CCCN1c1cc(C)nc(C(C)C)n1. The van der Waals surface area contributed by atoms with Crippen LogP contribution >= 0.6 is 0 Å². The summed E-state index contributed by atoms with van der Waals surface area (Å²) in [5, 5.41) is 0. The summed E-state index contributed by atoms with van der Waals surface area (Å²) in [6.07, 6.45) is 4.72. The van der Waals surface area contributed by atoms with Crippen LogP contribution in [-0.2, 0) is 4.74 Å². The monoisotopic (exact) mass is 291 g/mol. The van der Waals surface area contributed by atoms with Crippen molar-refractivity contribution in [3.05, 3.63) is 17.6 Å². The van der Waals surface area contributed by atoms with E-state index in [0.717, 1.165) is 36.9 Å². The smallest absolute Gasteiger partial charge is 0.133 e. The second-order valence-electron chi connectivity index (χ2n) is 6.54. The van der Waals surface area contributed by atoms with Crippen LogP contribution in [0, 0.1) is 6.92 Å². The largest absolute Gasteiger partial charge is 0.382 e. The third-order valence-electron chi connectivity index (χ3n) is 4.38. The predicted octanol–water partition coefficient (Wildman–Crippen LogP) is 3.69. The maximum atomic E-state index is 5.56. The summed E-state index contributed by atoms with van der Waals surface area (Å²) in [4.78, 5) is 11.9. The molecule has 21 heavy (non-hydrogen) atoms. The van der Waals surface area contributed by atoms with Crippen molar-refractivity contribution in [2.75, 3.05) is 25.2 Å².